The van der Waals surface area contributed by atoms with Crippen molar-refractivity contribution in [1.29, 1.82) is 0 Å². The van der Waals surface area contributed by atoms with E-state index in [0.29, 0.717) is 30.3 Å². The first kappa shape index (κ1) is 14.2. The number of nitrogens with zero attached hydrogens (tertiary/aromatic N) is 2. The van der Waals surface area contributed by atoms with Gasteiger partial charge in [-0.05, 0) is 12.1 Å². The molecule has 8 nitrogen and oxygen atoms in total. The number of ether oxygens (including phenoxy) is 1. The lowest BCUT2D eigenvalue weighted by atomic mass is 10.1. The predicted octanol–water partition coefficient (Wildman–Crippen LogP) is 0.0801. The maximum atomic E-state index is 12.5. The average molecular weight is 324 g/mol. The van der Waals surface area contributed by atoms with Crippen LogP contribution in [0, 0.1) is 0 Å². The number of hydrogen-bond donors (Lipinski definition) is 2. The molecule has 0 aliphatic carbocycles. The number of fused-ring (bicyclic) bond motifs is 1. The number of aliphatic imine (C=N–C) groups is 1. The summed E-state index contributed by atoms with van der Waals surface area (Å²) in [4.78, 5) is 40.5. The number of carbonyl (C=O) groups is 2. The third kappa shape index (κ3) is 1.93. The van der Waals surface area contributed by atoms with Crippen molar-refractivity contribution in [2.24, 2.45) is 4.99 Å². The molecule has 3 N–H and O–H groups in total. The molecule has 4 rings (SSSR count). The minimum atomic E-state index is -0.622. The standard InChI is InChI=1S/C16H12N4O4/c17-13-12-9(14(22)19-15(12)23)7-11(21)20(13)10-4-2-1-3-8(10)16-18-5-6-24-16/h1-4,7H,5-6,17H2,(H,19,22,23). The van der Waals surface area contributed by atoms with E-state index in [0.717, 1.165) is 6.07 Å². The summed E-state index contributed by atoms with van der Waals surface area (Å²) in [5, 5.41) is 2.14. The maximum Gasteiger partial charge on any atom is 0.262 e. The maximum absolute atomic E-state index is 12.5. The van der Waals surface area contributed by atoms with E-state index in [1.54, 1.807) is 24.3 Å². The molecule has 2 aliphatic heterocycles. The van der Waals surface area contributed by atoms with Crippen LogP contribution in [-0.2, 0) is 4.74 Å². The summed E-state index contributed by atoms with van der Waals surface area (Å²) < 4.78 is 6.66. The van der Waals surface area contributed by atoms with Gasteiger partial charge < -0.3 is 10.5 Å². The van der Waals surface area contributed by atoms with Crippen LogP contribution in [0.1, 0.15) is 26.3 Å². The van der Waals surface area contributed by atoms with Gasteiger partial charge in [-0.1, -0.05) is 12.1 Å². The Labute approximate surface area is 135 Å². The highest BCUT2D eigenvalue weighted by Crippen LogP contribution is 2.25. The Bertz CT molecular complexity index is 990. The Morgan fingerprint density at radius 2 is 1.92 bits per heavy atom. The smallest absolute Gasteiger partial charge is 0.262 e. The van der Waals surface area contributed by atoms with Crippen LogP contribution in [0.5, 0.6) is 0 Å². The summed E-state index contributed by atoms with van der Waals surface area (Å²) in [5.41, 5.74) is 6.57. The number of para-hydroxylation sites is 1. The topological polar surface area (TPSA) is 116 Å². The van der Waals surface area contributed by atoms with Crippen LogP contribution in [0.2, 0.25) is 0 Å². The lowest BCUT2D eigenvalue weighted by molar-refractivity contribution is 0.0880. The van der Waals surface area contributed by atoms with Crippen molar-refractivity contribution in [2.45, 2.75) is 0 Å². The molecule has 2 amide bonds. The molecule has 0 saturated carbocycles. The van der Waals surface area contributed by atoms with Gasteiger partial charge in [-0.2, -0.15) is 0 Å². The normalized spacial score (nSPS) is 15.8. The molecule has 1 aromatic carbocycles. The van der Waals surface area contributed by atoms with Gasteiger partial charge in [0, 0.05) is 6.07 Å². The molecule has 2 aliphatic rings. The summed E-state index contributed by atoms with van der Waals surface area (Å²) >= 11 is 0. The monoisotopic (exact) mass is 324 g/mol. The van der Waals surface area contributed by atoms with Crippen molar-refractivity contribution in [3.8, 4) is 5.69 Å². The fourth-order valence-corrected chi connectivity index (χ4v) is 2.88. The van der Waals surface area contributed by atoms with Gasteiger partial charge in [0.25, 0.3) is 17.4 Å². The quantitative estimate of drug-likeness (QED) is 0.759. The fraction of sp³-hybridized carbons (Fsp3) is 0.125. The van der Waals surface area contributed by atoms with Gasteiger partial charge in [-0.15, -0.1) is 0 Å². The van der Waals surface area contributed by atoms with Crippen molar-refractivity contribution >= 4 is 23.5 Å². The number of benzene rings is 1. The molecule has 0 radical (unpaired) electrons. The van der Waals surface area contributed by atoms with Gasteiger partial charge in [-0.25, -0.2) is 4.99 Å². The zero-order chi connectivity index (χ0) is 16.8. The van der Waals surface area contributed by atoms with Crippen LogP contribution in [0.4, 0.5) is 5.82 Å². The van der Waals surface area contributed by atoms with Crippen LogP contribution in [-0.4, -0.2) is 35.4 Å². The first-order valence-electron chi connectivity index (χ1n) is 7.26. The molecule has 1 aromatic heterocycles. The van der Waals surface area contributed by atoms with E-state index in [1.165, 1.54) is 4.57 Å². The zero-order valence-electron chi connectivity index (χ0n) is 12.4. The Hall–Kier alpha value is -3.42. The van der Waals surface area contributed by atoms with E-state index in [-0.39, 0.29) is 16.9 Å². The van der Waals surface area contributed by atoms with Gasteiger partial charge in [-0.3, -0.25) is 24.3 Å². The fourth-order valence-electron chi connectivity index (χ4n) is 2.88. The molecule has 2 aromatic rings. The number of anilines is 1. The molecular weight excluding hydrogens is 312 g/mol. The van der Waals surface area contributed by atoms with Gasteiger partial charge in [0.15, 0.2) is 0 Å². The van der Waals surface area contributed by atoms with Crippen LogP contribution in [0.3, 0.4) is 0 Å². The Morgan fingerprint density at radius 3 is 2.67 bits per heavy atom. The van der Waals surface area contributed by atoms with E-state index < -0.39 is 17.4 Å². The summed E-state index contributed by atoms with van der Waals surface area (Å²) in [6.07, 6.45) is 0. The highest BCUT2D eigenvalue weighted by molar-refractivity contribution is 6.23. The molecule has 0 bridgehead atoms. The van der Waals surface area contributed by atoms with Crippen LogP contribution >= 0.6 is 0 Å². The molecule has 3 heterocycles. The van der Waals surface area contributed by atoms with E-state index in [4.69, 9.17) is 10.5 Å². The van der Waals surface area contributed by atoms with E-state index in [1.807, 2.05) is 0 Å². The highest BCUT2D eigenvalue weighted by Gasteiger charge is 2.32. The summed E-state index contributed by atoms with van der Waals surface area (Å²) in [6.45, 7) is 1.00. The van der Waals surface area contributed by atoms with Gasteiger partial charge in [0.1, 0.15) is 12.4 Å². The van der Waals surface area contributed by atoms with Crippen molar-refractivity contribution in [3.05, 3.63) is 57.4 Å². The number of imide groups is 1. The van der Waals surface area contributed by atoms with Gasteiger partial charge in [0.05, 0.1) is 28.9 Å². The number of nitrogen functional groups attached to an aromatic ring is 1. The average Bonchev–Trinajstić information content (AvgIpc) is 3.17. The highest BCUT2D eigenvalue weighted by atomic mass is 16.5. The largest absolute Gasteiger partial charge is 0.475 e. The van der Waals surface area contributed by atoms with Gasteiger partial charge in [0.2, 0.25) is 5.90 Å². The van der Waals surface area contributed by atoms with Gasteiger partial charge >= 0.3 is 0 Å². The molecule has 0 atom stereocenters. The van der Waals surface area contributed by atoms with Crippen molar-refractivity contribution in [3.63, 3.8) is 0 Å². The molecular formula is C16H12N4O4. The van der Waals surface area contributed by atoms with Crippen molar-refractivity contribution in [1.82, 2.24) is 9.88 Å². The minimum Gasteiger partial charge on any atom is -0.475 e. The molecule has 120 valence electrons. The number of pyridine rings is 1. The van der Waals surface area contributed by atoms with Crippen LogP contribution in [0.25, 0.3) is 5.69 Å². The Morgan fingerprint density at radius 1 is 1.12 bits per heavy atom. The summed E-state index contributed by atoms with van der Waals surface area (Å²) in [6, 6.07) is 8.06. The number of carbonyl (C=O) groups excluding carboxylic acids is 2. The Balaban J connectivity index is 2.00. The molecule has 0 spiro atoms. The molecule has 0 saturated heterocycles. The predicted molar refractivity (Wildman–Crippen MR) is 85.6 cm³/mol. The van der Waals surface area contributed by atoms with Crippen LogP contribution < -0.4 is 16.6 Å². The van der Waals surface area contributed by atoms with Crippen molar-refractivity contribution in [2.75, 3.05) is 18.9 Å². The first-order valence-corrected chi connectivity index (χ1v) is 7.26. The second-order valence-corrected chi connectivity index (χ2v) is 5.33. The number of nitrogens with one attached hydrogen (secondary N) is 1. The third-order valence-electron chi connectivity index (χ3n) is 3.91. The van der Waals surface area contributed by atoms with E-state index in [9.17, 15) is 14.4 Å². The number of rotatable bonds is 2. The lowest BCUT2D eigenvalue weighted by Crippen LogP contribution is -2.25. The summed E-state index contributed by atoms with van der Waals surface area (Å²) in [5.74, 6) is -0.916. The molecule has 0 fully saturated rings. The lowest BCUT2D eigenvalue weighted by Gasteiger charge is -2.15. The number of nitrogens with two attached hydrogens (primary N) is 1. The zero-order valence-corrected chi connectivity index (χ0v) is 12.4. The second kappa shape index (κ2) is 5.05. The number of aromatic nitrogens is 1. The molecule has 0 unspecified atom stereocenters. The molecule has 24 heavy (non-hydrogen) atoms. The first-order chi connectivity index (χ1) is 11.6. The summed E-state index contributed by atoms with van der Waals surface area (Å²) in [7, 11) is 0. The van der Waals surface area contributed by atoms with E-state index in [2.05, 4.69) is 10.3 Å². The number of amides is 2. The third-order valence-corrected chi connectivity index (χ3v) is 3.91. The Kier molecular flexibility index (Phi) is 2.99. The SMILES string of the molecule is Nc1c2c(cc(=O)n1-c1ccccc1C1=NCCO1)C(=O)NC2=O. The van der Waals surface area contributed by atoms with Crippen molar-refractivity contribution < 1.29 is 14.3 Å². The molecule has 8 heteroatoms. The van der Waals surface area contributed by atoms with Crippen LogP contribution in [0.15, 0.2) is 40.1 Å². The second-order valence-electron chi connectivity index (χ2n) is 5.33. The van der Waals surface area contributed by atoms with E-state index >= 15 is 0 Å². The number of hydrogen-bond acceptors (Lipinski definition) is 6. The minimum absolute atomic E-state index is 0.00341.